The van der Waals surface area contributed by atoms with E-state index in [1.54, 1.807) is 0 Å². The van der Waals surface area contributed by atoms with Crippen LogP contribution in [0.15, 0.2) is 30.5 Å². The van der Waals surface area contributed by atoms with Crippen LogP contribution in [0.3, 0.4) is 0 Å². The van der Waals surface area contributed by atoms with Crippen LogP contribution in [0.5, 0.6) is 0 Å². The first-order valence-electron chi connectivity index (χ1n) is 4.77. The lowest BCUT2D eigenvalue weighted by molar-refractivity contribution is 0.0347. The summed E-state index contributed by atoms with van der Waals surface area (Å²) in [4.78, 5) is 3.06. The summed E-state index contributed by atoms with van der Waals surface area (Å²) in [6.07, 6.45) is 0.0874. The Morgan fingerprint density at radius 1 is 1.27 bits per heavy atom. The van der Waals surface area contributed by atoms with Crippen LogP contribution >= 0.6 is 12.6 Å². The van der Waals surface area contributed by atoms with Crippen molar-refractivity contribution in [2.75, 3.05) is 5.75 Å². The first-order valence-corrected chi connectivity index (χ1v) is 5.40. The van der Waals surface area contributed by atoms with Crippen molar-refractivity contribution in [1.29, 1.82) is 0 Å². The highest BCUT2D eigenvalue weighted by Gasteiger charge is 2.18. The Morgan fingerprint density at radius 2 is 2.07 bits per heavy atom. The van der Waals surface area contributed by atoms with Crippen LogP contribution in [0.4, 0.5) is 0 Å². The van der Waals surface area contributed by atoms with Crippen LogP contribution in [-0.4, -0.2) is 27.1 Å². The minimum absolute atomic E-state index is 0.238. The Balaban J connectivity index is 2.46. The summed E-state index contributed by atoms with van der Waals surface area (Å²) in [5.41, 5.74) is 1.69. The maximum Gasteiger partial charge on any atom is 0.106 e. The fourth-order valence-corrected chi connectivity index (χ4v) is 1.87. The summed E-state index contributed by atoms with van der Waals surface area (Å²) in [5.74, 6) is 0.238. The Labute approximate surface area is 93.2 Å². The van der Waals surface area contributed by atoms with Gasteiger partial charge in [-0.25, -0.2) is 0 Å². The SMILES string of the molecule is OC(CS)C(O)c1cccc2[nH]ccc12. The van der Waals surface area contributed by atoms with Gasteiger partial charge in [0.15, 0.2) is 0 Å². The van der Waals surface area contributed by atoms with E-state index >= 15 is 0 Å². The van der Waals surface area contributed by atoms with Gasteiger partial charge in [-0.3, -0.25) is 0 Å². The van der Waals surface area contributed by atoms with Gasteiger partial charge in [0.25, 0.3) is 0 Å². The zero-order chi connectivity index (χ0) is 10.8. The Morgan fingerprint density at radius 3 is 2.80 bits per heavy atom. The zero-order valence-corrected chi connectivity index (χ0v) is 8.98. The molecule has 0 radical (unpaired) electrons. The van der Waals surface area contributed by atoms with Gasteiger partial charge in [0.1, 0.15) is 6.10 Å². The molecule has 80 valence electrons. The van der Waals surface area contributed by atoms with Gasteiger partial charge >= 0.3 is 0 Å². The zero-order valence-electron chi connectivity index (χ0n) is 8.09. The molecular formula is C11H13NO2S. The highest BCUT2D eigenvalue weighted by atomic mass is 32.1. The molecule has 3 nitrogen and oxygen atoms in total. The number of hydrogen-bond acceptors (Lipinski definition) is 3. The average Bonchev–Trinajstić information content (AvgIpc) is 2.74. The summed E-state index contributed by atoms with van der Waals surface area (Å²) in [6, 6.07) is 7.48. The van der Waals surface area contributed by atoms with E-state index in [1.807, 2.05) is 30.5 Å². The number of aliphatic hydroxyl groups is 2. The van der Waals surface area contributed by atoms with Crippen molar-refractivity contribution >= 4 is 23.5 Å². The molecule has 0 amide bonds. The van der Waals surface area contributed by atoms with Crippen molar-refractivity contribution in [1.82, 2.24) is 4.98 Å². The van der Waals surface area contributed by atoms with Crippen molar-refractivity contribution in [3.8, 4) is 0 Å². The number of H-pyrrole nitrogens is 1. The first-order chi connectivity index (χ1) is 7.24. The van der Waals surface area contributed by atoms with E-state index in [0.29, 0.717) is 0 Å². The summed E-state index contributed by atoms with van der Waals surface area (Å²) >= 11 is 3.97. The lowest BCUT2D eigenvalue weighted by Gasteiger charge is -2.16. The molecule has 0 aliphatic heterocycles. The fraction of sp³-hybridized carbons (Fsp3) is 0.273. The maximum absolute atomic E-state index is 9.89. The van der Waals surface area contributed by atoms with Gasteiger partial charge in [-0.05, 0) is 17.7 Å². The van der Waals surface area contributed by atoms with Gasteiger partial charge in [-0.1, -0.05) is 12.1 Å². The molecule has 1 heterocycles. The quantitative estimate of drug-likeness (QED) is 0.596. The van der Waals surface area contributed by atoms with Crippen LogP contribution in [-0.2, 0) is 0 Å². The van der Waals surface area contributed by atoms with Crippen molar-refractivity contribution in [2.45, 2.75) is 12.2 Å². The number of fused-ring (bicyclic) bond motifs is 1. The number of nitrogens with one attached hydrogen (secondary N) is 1. The van der Waals surface area contributed by atoms with Crippen molar-refractivity contribution < 1.29 is 10.2 Å². The minimum Gasteiger partial charge on any atom is -0.389 e. The molecule has 2 atom stereocenters. The number of hydrogen-bond donors (Lipinski definition) is 4. The van der Waals surface area contributed by atoms with Gasteiger partial charge in [-0.15, -0.1) is 0 Å². The van der Waals surface area contributed by atoms with E-state index in [0.717, 1.165) is 16.5 Å². The third kappa shape index (κ3) is 1.88. The van der Waals surface area contributed by atoms with Crippen LogP contribution in [0.1, 0.15) is 11.7 Å². The van der Waals surface area contributed by atoms with Crippen LogP contribution < -0.4 is 0 Å². The molecule has 0 aliphatic rings. The molecule has 2 rings (SSSR count). The van der Waals surface area contributed by atoms with E-state index in [-0.39, 0.29) is 5.75 Å². The van der Waals surface area contributed by atoms with Gasteiger partial charge in [0.2, 0.25) is 0 Å². The van der Waals surface area contributed by atoms with Crippen LogP contribution in [0, 0.1) is 0 Å². The molecular weight excluding hydrogens is 210 g/mol. The summed E-state index contributed by atoms with van der Waals surface area (Å²) < 4.78 is 0. The second-order valence-electron chi connectivity index (χ2n) is 3.48. The molecule has 1 aromatic heterocycles. The molecule has 1 aromatic carbocycles. The molecule has 2 unspecified atom stereocenters. The number of rotatable bonds is 3. The van der Waals surface area contributed by atoms with E-state index in [2.05, 4.69) is 17.6 Å². The summed E-state index contributed by atoms with van der Waals surface area (Å²) in [7, 11) is 0. The van der Waals surface area contributed by atoms with Crippen LogP contribution in [0.2, 0.25) is 0 Å². The van der Waals surface area contributed by atoms with Gasteiger partial charge in [-0.2, -0.15) is 12.6 Å². The largest absolute Gasteiger partial charge is 0.389 e. The monoisotopic (exact) mass is 223 g/mol. The number of thiol groups is 1. The molecule has 0 fully saturated rings. The van der Waals surface area contributed by atoms with Gasteiger partial charge in [0.05, 0.1) is 6.10 Å². The van der Waals surface area contributed by atoms with E-state index in [9.17, 15) is 10.2 Å². The molecule has 15 heavy (non-hydrogen) atoms. The standard InChI is InChI=1S/C11H13NO2S/c13-10(6-15)11(14)8-2-1-3-9-7(8)4-5-12-9/h1-5,10-15H,6H2. The highest BCUT2D eigenvalue weighted by molar-refractivity contribution is 7.80. The van der Waals surface area contributed by atoms with Gasteiger partial charge < -0.3 is 15.2 Å². The number of aliphatic hydroxyl groups excluding tert-OH is 2. The van der Waals surface area contributed by atoms with E-state index in [4.69, 9.17) is 0 Å². The third-order valence-electron chi connectivity index (χ3n) is 2.50. The minimum atomic E-state index is -0.887. The second-order valence-corrected chi connectivity index (χ2v) is 3.85. The Kier molecular flexibility index (Phi) is 3.00. The molecule has 0 spiro atoms. The number of benzene rings is 1. The molecule has 0 bridgehead atoms. The number of aromatic amines is 1. The highest BCUT2D eigenvalue weighted by Crippen LogP contribution is 2.25. The van der Waals surface area contributed by atoms with Crippen molar-refractivity contribution in [2.24, 2.45) is 0 Å². The topological polar surface area (TPSA) is 56.2 Å². The molecule has 0 aliphatic carbocycles. The van der Waals surface area contributed by atoms with Crippen LogP contribution in [0.25, 0.3) is 10.9 Å². The Hall–Kier alpha value is -0.970. The predicted molar refractivity (Wildman–Crippen MR) is 63.1 cm³/mol. The molecule has 3 N–H and O–H groups in total. The van der Waals surface area contributed by atoms with E-state index < -0.39 is 12.2 Å². The van der Waals surface area contributed by atoms with Crippen molar-refractivity contribution in [3.63, 3.8) is 0 Å². The third-order valence-corrected chi connectivity index (χ3v) is 2.87. The predicted octanol–water partition coefficient (Wildman–Crippen LogP) is 1.49. The van der Waals surface area contributed by atoms with E-state index in [1.165, 1.54) is 0 Å². The summed E-state index contributed by atoms with van der Waals surface area (Å²) in [5, 5.41) is 20.4. The average molecular weight is 223 g/mol. The van der Waals surface area contributed by atoms with Gasteiger partial charge in [0, 0.05) is 22.9 Å². The first kappa shape index (κ1) is 10.5. The molecule has 0 saturated heterocycles. The normalized spacial score (nSPS) is 15.4. The molecule has 2 aromatic rings. The maximum atomic E-state index is 9.89. The fourth-order valence-electron chi connectivity index (χ4n) is 1.67. The summed E-state index contributed by atoms with van der Waals surface area (Å²) in [6.45, 7) is 0. The molecule has 0 saturated carbocycles. The lowest BCUT2D eigenvalue weighted by Crippen LogP contribution is -2.19. The lowest BCUT2D eigenvalue weighted by atomic mass is 10.0. The van der Waals surface area contributed by atoms with Crippen molar-refractivity contribution in [3.05, 3.63) is 36.0 Å². The smallest absolute Gasteiger partial charge is 0.106 e. The number of aromatic nitrogens is 1. The Bertz CT molecular complexity index is 455. The second kappa shape index (κ2) is 4.26. The molecule has 4 heteroatoms.